The van der Waals surface area contributed by atoms with Crippen LogP contribution in [0.25, 0.3) is 0 Å². The third-order valence-corrected chi connectivity index (χ3v) is 3.66. The van der Waals surface area contributed by atoms with Gasteiger partial charge >= 0.3 is 0 Å². The molecule has 4 nitrogen and oxygen atoms in total. The zero-order valence-electron chi connectivity index (χ0n) is 12.0. The third kappa shape index (κ3) is 3.19. The van der Waals surface area contributed by atoms with Gasteiger partial charge < -0.3 is 19.5 Å². The van der Waals surface area contributed by atoms with Crippen LogP contribution in [0.2, 0.25) is 0 Å². The van der Waals surface area contributed by atoms with E-state index in [4.69, 9.17) is 14.2 Å². The van der Waals surface area contributed by atoms with Crippen molar-refractivity contribution in [1.82, 2.24) is 5.32 Å². The Morgan fingerprint density at radius 1 is 1.21 bits per heavy atom. The highest BCUT2D eigenvalue weighted by Crippen LogP contribution is 2.35. The average molecular weight is 265 g/mol. The molecule has 1 heterocycles. The molecule has 1 unspecified atom stereocenters. The van der Waals surface area contributed by atoms with Crippen LogP contribution >= 0.6 is 0 Å². The van der Waals surface area contributed by atoms with Crippen molar-refractivity contribution < 1.29 is 14.2 Å². The van der Waals surface area contributed by atoms with E-state index in [1.165, 1.54) is 24.0 Å². The van der Waals surface area contributed by atoms with Crippen LogP contribution in [0.3, 0.4) is 0 Å². The monoisotopic (exact) mass is 265 g/mol. The van der Waals surface area contributed by atoms with E-state index in [0.29, 0.717) is 12.6 Å². The smallest absolute Gasteiger partial charge is 0.164 e. The molecule has 106 valence electrons. The van der Waals surface area contributed by atoms with E-state index in [1.54, 1.807) is 21.3 Å². The van der Waals surface area contributed by atoms with E-state index in [-0.39, 0.29) is 0 Å². The maximum Gasteiger partial charge on any atom is 0.164 e. The van der Waals surface area contributed by atoms with Crippen LogP contribution in [0.15, 0.2) is 12.1 Å². The predicted molar refractivity (Wildman–Crippen MR) is 75.0 cm³/mol. The molecule has 0 aromatic heterocycles. The van der Waals surface area contributed by atoms with Gasteiger partial charge in [-0.2, -0.15) is 0 Å². The van der Waals surface area contributed by atoms with Crippen LogP contribution in [-0.4, -0.2) is 33.9 Å². The number of methoxy groups -OCH3 is 3. The first-order valence-corrected chi connectivity index (χ1v) is 6.75. The number of rotatable bonds is 6. The molecule has 1 aromatic rings. The standard InChI is InChI=1S/C15H23NO3/c1-17-10-11-6-7-14(18-2)15(19-3)13(11)9-12-5-4-8-16-12/h6-7,12,16H,4-5,8-10H2,1-3H3. The van der Waals surface area contributed by atoms with E-state index >= 15 is 0 Å². The molecule has 1 N–H and O–H groups in total. The van der Waals surface area contributed by atoms with Crippen LogP contribution in [0, 0.1) is 0 Å². The maximum atomic E-state index is 5.56. The highest BCUT2D eigenvalue weighted by molar-refractivity contribution is 5.51. The van der Waals surface area contributed by atoms with Crippen molar-refractivity contribution in [2.75, 3.05) is 27.9 Å². The molecule has 0 saturated carbocycles. The van der Waals surface area contributed by atoms with Crippen molar-refractivity contribution in [3.05, 3.63) is 23.3 Å². The lowest BCUT2D eigenvalue weighted by atomic mass is 9.98. The van der Waals surface area contributed by atoms with Crippen molar-refractivity contribution in [2.24, 2.45) is 0 Å². The van der Waals surface area contributed by atoms with Crippen molar-refractivity contribution >= 4 is 0 Å². The summed E-state index contributed by atoms with van der Waals surface area (Å²) in [6.45, 7) is 1.71. The Balaban J connectivity index is 2.33. The van der Waals surface area contributed by atoms with E-state index in [0.717, 1.165) is 24.5 Å². The number of nitrogens with one attached hydrogen (secondary N) is 1. The molecule has 1 aliphatic rings. The van der Waals surface area contributed by atoms with E-state index in [1.807, 2.05) is 6.07 Å². The zero-order valence-corrected chi connectivity index (χ0v) is 12.0. The summed E-state index contributed by atoms with van der Waals surface area (Å²) in [5.41, 5.74) is 2.37. The van der Waals surface area contributed by atoms with Gasteiger partial charge in [0, 0.05) is 18.7 Å². The van der Waals surface area contributed by atoms with E-state index < -0.39 is 0 Å². The molecule has 1 aliphatic heterocycles. The summed E-state index contributed by atoms with van der Waals surface area (Å²) in [7, 11) is 5.08. The lowest BCUT2D eigenvalue weighted by Gasteiger charge is -2.19. The Morgan fingerprint density at radius 3 is 2.63 bits per heavy atom. The van der Waals surface area contributed by atoms with Crippen molar-refractivity contribution in [1.29, 1.82) is 0 Å². The first-order chi connectivity index (χ1) is 9.30. The Kier molecular flexibility index (Phi) is 5.05. The summed E-state index contributed by atoms with van der Waals surface area (Å²) in [4.78, 5) is 0. The Labute approximate surface area is 115 Å². The summed E-state index contributed by atoms with van der Waals surface area (Å²) in [6, 6.07) is 4.53. The molecule has 0 amide bonds. The van der Waals surface area contributed by atoms with Gasteiger partial charge in [0.25, 0.3) is 0 Å². The second kappa shape index (κ2) is 6.78. The molecule has 1 atom stereocenters. The van der Waals surface area contributed by atoms with E-state index in [9.17, 15) is 0 Å². The highest BCUT2D eigenvalue weighted by Gasteiger charge is 2.21. The fourth-order valence-electron chi connectivity index (χ4n) is 2.72. The second-order valence-electron chi connectivity index (χ2n) is 4.87. The lowest BCUT2D eigenvalue weighted by Crippen LogP contribution is -2.24. The SMILES string of the molecule is COCc1ccc(OC)c(OC)c1CC1CCCN1. The van der Waals surface area contributed by atoms with Crippen molar-refractivity contribution in [3.8, 4) is 11.5 Å². The minimum absolute atomic E-state index is 0.525. The fraction of sp³-hybridized carbons (Fsp3) is 0.600. The summed E-state index contributed by atoms with van der Waals surface area (Å²) in [6.07, 6.45) is 3.42. The van der Waals surface area contributed by atoms with Gasteiger partial charge in [-0.05, 0) is 37.4 Å². The largest absolute Gasteiger partial charge is 0.493 e. The van der Waals surface area contributed by atoms with Crippen LogP contribution in [-0.2, 0) is 17.8 Å². The Bertz CT molecular complexity index is 414. The van der Waals surface area contributed by atoms with Gasteiger partial charge in [0.2, 0.25) is 0 Å². The van der Waals surface area contributed by atoms with Gasteiger partial charge in [0.05, 0.1) is 20.8 Å². The first kappa shape index (κ1) is 14.2. The summed E-state index contributed by atoms with van der Waals surface area (Å²) >= 11 is 0. The molecule has 2 rings (SSSR count). The molecule has 0 spiro atoms. The number of hydrogen-bond acceptors (Lipinski definition) is 4. The van der Waals surface area contributed by atoms with Crippen molar-refractivity contribution in [3.63, 3.8) is 0 Å². The minimum Gasteiger partial charge on any atom is -0.493 e. The van der Waals surface area contributed by atoms with Gasteiger partial charge in [0.1, 0.15) is 0 Å². The fourth-order valence-corrected chi connectivity index (χ4v) is 2.72. The topological polar surface area (TPSA) is 39.7 Å². The molecule has 1 fully saturated rings. The quantitative estimate of drug-likeness (QED) is 0.855. The number of ether oxygens (including phenoxy) is 3. The Hall–Kier alpha value is -1.26. The van der Waals surface area contributed by atoms with Crippen molar-refractivity contribution in [2.45, 2.75) is 31.9 Å². The molecule has 19 heavy (non-hydrogen) atoms. The lowest BCUT2D eigenvalue weighted by molar-refractivity contribution is 0.183. The molecule has 1 saturated heterocycles. The number of hydrogen-bond donors (Lipinski definition) is 1. The summed E-state index contributed by atoms with van der Waals surface area (Å²) in [5.74, 6) is 1.63. The third-order valence-electron chi connectivity index (χ3n) is 3.66. The first-order valence-electron chi connectivity index (χ1n) is 6.75. The predicted octanol–water partition coefficient (Wildman–Crippen LogP) is 2.14. The van der Waals surface area contributed by atoms with Gasteiger partial charge in [0.15, 0.2) is 11.5 Å². The van der Waals surface area contributed by atoms with Crippen LogP contribution < -0.4 is 14.8 Å². The van der Waals surface area contributed by atoms with Gasteiger partial charge in [-0.3, -0.25) is 0 Å². The van der Waals surface area contributed by atoms with Gasteiger partial charge in [-0.15, -0.1) is 0 Å². The number of benzene rings is 1. The zero-order chi connectivity index (χ0) is 13.7. The molecule has 0 bridgehead atoms. The summed E-state index contributed by atoms with van der Waals surface area (Å²) < 4.78 is 16.2. The second-order valence-corrected chi connectivity index (χ2v) is 4.87. The molecule has 4 heteroatoms. The molecule has 0 radical (unpaired) electrons. The molecular formula is C15H23NO3. The van der Waals surface area contributed by atoms with Crippen LogP contribution in [0.4, 0.5) is 0 Å². The van der Waals surface area contributed by atoms with E-state index in [2.05, 4.69) is 11.4 Å². The van der Waals surface area contributed by atoms with Crippen LogP contribution in [0.1, 0.15) is 24.0 Å². The molecule has 0 aliphatic carbocycles. The van der Waals surface area contributed by atoms with Gasteiger partial charge in [-0.1, -0.05) is 6.07 Å². The molecule has 1 aromatic carbocycles. The van der Waals surface area contributed by atoms with Crippen LogP contribution in [0.5, 0.6) is 11.5 Å². The summed E-state index contributed by atoms with van der Waals surface area (Å²) in [5, 5.41) is 3.53. The average Bonchev–Trinajstić information content (AvgIpc) is 2.93. The maximum absolute atomic E-state index is 5.56. The Morgan fingerprint density at radius 2 is 2.05 bits per heavy atom. The highest BCUT2D eigenvalue weighted by atomic mass is 16.5. The minimum atomic E-state index is 0.525. The van der Waals surface area contributed by atoms with Gasteiger partial charge in [-0.25, -0.2) is 0 Å². The molecular weight excluding hydrogens is 242 g/mol. The normalized spacial score (nSPS) is 18.6.